The molecular formula is C14H16FN3O. The number of aromatic nitrogens is 2. The fraction of sp³-hybridized carbons (Fsp3) is 0.429. The van der Waals surface area contributed by atoms with Gasteiger partial charge in [-0.25, -0.2) is 4.39 Å². The molecule has 19 heavy (non-hydrogen) atoms. The fourth-order valence-electron chi connectivity index (χ4n) is 2.38. The van der Waals surface area contributed by atoms with Crippen molar-refractivity contribution >= 4 is 0 Å². The van der Waals surface area contributed by atoms with Gasteiger partial charge in [0.25, 0.3) is 0 Å². The van der Waals surface area contributed by atoms with Gasteiger partial charge in [0.2, 0.25) is 5.89 Å². The summed E-state index contributed by atoms with van der Waals surface area (Å²) < 4.78 is 18.3. The van der Waals surface area contributed by atoms with Crippen molar-refractivity contribution in [3.05, 3.63) is 47.4 Å². The summed E-state index contributed by atoms with van der Waals surface area (Å²) in [6.45, 7) is 0.998. The molecule has 1 atom stereocenters. The van der Waals surface area contributed by atoms with E-state index in [9.17, 15) is 4.39 Å². The van der Waals surface area contributed by atoms with Gasteiger partial charge in [-0.05, 0) is 37.1 Å². The van der Waals surface area contributed by atoms with Gasteiger partial charge in [0.15, 0.2) is 5.82 Å². The summed E-state index contributed by atoms with van der Waals surface area (Å²) in [6.07, 6.45) is 3.90. The highest BCUT2D eigenvalue weighted by Crippen LogP contribution is 2.21. The third-order valence-corrected chi connectivity index (χ3v) is 3.35. The molecule has 1 saturated heterocycles. The van der Waals surface area contributed by atoms with Crippen LogP contribution in [0.5, 0.6) is 0 Å². The van der Waals surface area contributed by atoms with Gasteiger partial charge in [0.05, 0.1) is 12.5 Å². The minimum absolute atomic E-state index is 0.193. The summed E-state index contributed by atoms with van der Waals surface area (Å²) in [6, 6.07) is 6.65. The molecule has 1 aromatic carbocycles. The zero-order valence-electron chi connectivity index (χ0n) is 10.6. The molecule has 4 nitrogen and oxygen atoms in total. The van der Waals surface area contributed by atoms with Gasteiger partial charge in [-0.2, -0.15) is 4.98 Å². The van der Waals surface area contributed by atoms with Crippen molar-refractivity contribution in [3.8, 4) is 0 Å². The Labute approximate surface area is 111 Å². The van der Waals surface area contributed by atoms with Crippen LogP contribution in [0.3, 0.4) is 0 Å². The predicted octanol–water partition coefficient (Wildman–Crippen LogP) is 2.61. The van der Waals surface area contributed by atoms with Crippen LogP contribution >= 0.6 is 0 Å². The second-order valence-corrected chi connectivity index (χ2v) is 4.86. The molecule has 1 aromatic heterocycles. The van der Waals surface area contributed by atoms with Crippen molar-refractivity contribution in [1.82, 2.24) is 15.5 Å². The molecule has 0 aliphatic carbocycles. The average molecular weight is 261 g/mol. The number of halogens is 1. The molecule has 1 N–H and O–H groups in total. The molecule has 1 unspecified atom stereocenters. The van der Waals surface area contributed by atoms with Crippen LogP contribution in [-0.4, -0.2) is 16.7 Å². The quantitative estimate of drug-likeness (QED) is 0.922. The number of nitrogens with one attached hydrogen (secondary N) is 1. The topological polar surface area (TPSA) is 51.0 Å². The second kappa shape index (κ2) is 5.48. The first-order valence-electron chi connectivity index (χ1n) is 6.61. The average Bonchev–Trinajstić information content (AvgIpc) is 2.88. The van der Waals surface area contributed by atoms with E-state index in [1.165, 1.54) is 25.0 Å². The Bertz CT molecular complexity index is 549. The first-order valence-corrected chi connectivity index (χ1v) is 6.61. The minimum atomic E-state index is -0.244. The molecule has 5 heteroatoms. The fourth-order valence-corrected chi connectivity index (χ4v) is 2.38. The zero-order valence-corrected chi connectivity index (χ0v) is 10.6. The summed E-state index contributed by atoms with van der Waals surface area (Å²) in [5.74, 6) is 1.00. The highest BCUT2D eigenvalue weighted by molar-refractivity contribution is 5.19. The first-order chi connectivity index (χ1) is 9.31. The Morgan fingerprint density at radius 2 is 2.32 bits per heavy atom. The van der Waals surface area contributed by atoms with Gasteiger partial charge in [-0.3, -0.25) is 0 Å². The van der Waals surface area contributed by atoms with Crippen LogP contribution in [-0.2, 0) is 6.42 Å². The molecule has 1 aliphatic rings. The molecule has 100 valence electrons. The maximum atomic E-state index is 13.1. The molecule has 0 bridgehead atoms. The lowest BCUT2D eigenvalue weighted by molar-refractivity contribution is 0.351. The third-order valence-electron chi connectivity index (χ3n) is 3.35. The number of hydrogen-bond acceptors (Lipinski definition) is 4. The van der Waals surface area contributed by atoms with Crippen LogP contribution in [0.15, 0.2) is 28.8 Å². The van der Waals surface area contributed by atoms with E-state index < -0.39 is 0 Å². The van der Waals surface area contributed by atoms with E-state index >= 15 is 0 Å². The van der Waals surface area contributed by atoms with Crippen molar-refractivity contribution in [3.63, 3.8) is 0 Å². The maximum Gasteiger partial charge on any atom is 0.231 e. The summed E-state index contributed by atoms with van der Waals surface area (Å²) in [7, 11) is 0. The van der Waals surface area contributed by atoms with E-state index in [1.54, 1.807) is 6.07 Å². The monoisotopic (exact) mass is 261 g/mol. The summed E-state index contributed by atoms with van der Waals surface area (Å²) in [4.78, 5) is 4.40. The van der Waals surface area contributed by atoms with Gasteiger partial charge in [0.1, 0.15) is 5.82 Å². The zero-order chi connectivity index (χ0) is 13.1. The molecule has 0 amide bonds. The number of rotatable bonds is 3. The Morgan fingerprint density at radius 1 is 1.37 bits per heavy atom. The lowest BCUT2D eigenvalue weighted by atomic mass is 10.0. The Morgan fingerprint density at radius 3 is 3.11 bits per heavy atom. The standard InChI is InChI=1S/C14H16FN3O/c15-11-5-3-4-10(8-11)9-13-17-14(18-19-13)12-6-1-2-7-16-12/h3-5,8,12,16H,1-2,6-7,9H2. The number of piperidine rings is 1. The van der Waals surface area contributed by atoms with Crippen LogP contribution in [0.2, 0.25) is 0 Å². The minimum Gasteiger partial charge on any atom is -0.339 e. The van der Waals surface area contributed by atoms with E-state index in [-0.39, 0.29) is 11.9 Å². The van der Waals surface area contributed by atoms with Crippen molar-refractivity contribution in [2.45, 2.75) is 31.7 Å². The smallest absolute Gasteiger partial charge is 0.231 e. The number of benzene rings is 1. The Balaban J connectivity index is 1.70. The van der Waals surface area contributed by atoms with Gasteiger partial charge in [-0.15, -0.1) is 0 Å². The Hall–Kier alpha value is -1.75. The Kier molecular flexibility index (Phi) is 3.55. The summed E-state index contributed by atoms with van der Waals surface area (Å²) in [5.41, 5.74) is 0.840. The van der Waals surface area contributed by atoms with Crippen LogP contribution in [0.4, 0.5) is 4.39 Å². The summed E-state index contributed by atoms with van der Waals surface area (Å²) in [5, 5.41) is 7.39. The van der Waals surface area contributed by atoms with E-state index in [4.69, 9.17) is 4.52 Å². The lowest BCUT2D eigenvalue weighted by Gasteiger charge is -2.19. The first kappa shape index (κ1) is 12.3. The van der Waals surface area contributed by atoms with Crippen molar-refractivity contribution in [2.24, 2.45) is 0 Å². The van der Waals surface area contributed by atoms with Crippen LogP contribution in [0, 0.1) is 5.82 Å². The summed E-state index contributed by atoms with van der Waals surface area (Å²) >= 11 is 0. The number of hydrogen-bond donors (Lipinski definition) is 1. The molecular weight excluding hydrogens is 245 g/mol. The SMILES string of the molecule is Fc1cccc(Cc2nc(C3CCCCN3)no2)c1. The highest BCUT2D eigenvalue weighted by Gasteiger charge is 2.20. The van der Waals surface area contributed by atoms with Crippen LogP contribution in [0.1, 0.15) is 42.6 Å². The maximum absolute atomic E-state index is 13.1. The highest BCUT2D eigenvalue weighted by atomic mass is 19.1. The molecule has 2 aromatic rings. The second-order valence-electron chi connectivity index (χ2n) is 4.86. The van der Waals surface area contributed by atoms with Gasteiger partial charge < -0.3 is 9.84 Å². The predicted molar refractivity (Wildman–Crippen MR) is 68.1 cm³/mol. The molecule has 0 saturated carbocycles. The van der Waals surface area contributed by atoms with Crippen molar-refractivity contribution in [1.29, 1.82) is 0 Å². The van der Waals surface area contributed by atoms with Gasteiger partial charge in [-0.1, -0.05) is 23.7 Å². The molecule has 3 rings (SSSR count). The normalized spacial score (nSPS) is 19.5. The van der Waals surface area contributed by atoms with E-state index in [0.29, 0.717) is 18.1 Å². The van der Waals surface area contributed by atoms with Crippen LogP contribution < -0.4 is 5.32 Å². The van der Waals surface area contributed by atoms with Gasteiger partial charge >= 0.3 is 0 Å². The molecule has 1 fully saturated rings. The van der Waals surface area contributed by atoms with E-state index in [2.05, 4.69) is 15.5 Å². The molecule has 2 heterocycles. The lowest BCUT2D eigenvalue weighted by Crippen LogP contribution is -2.27. The number of nitrogens with zero attached hydrogens (tertiary/aromatic N) is 2. The molecule has 1 aliphatic heterocycles. The van der Waals surface area contributed by atoms with Crippen LogP contribution in [0.25, 0.3) is 0 Å². The van der Waals surface area contributed by atoms with E-state index in [1.807, 2.05) is 6.07 Å². The third kappa shape index (κ3) is 2.98. The van der Waals surface area contributed by atoms with Crippen molar-refractivity contribution < 1.29 is 8.91 Å². The molecule has 0 radical (unpaired) electrons. The van der Waals surface area contributed by atoms with Crippen molar-refractivity contribution in [2.75, 3.05) is 6.54 Å². The van der Waals surface area contributed by atoms with Gasteiger partial charge in [0, 0.05) is 0 Å². The van der Waals surface area contributed by atoms with E-state index in [0.717, 1.165) is 18.5 Å². The largest absolute Gasteiger partial charge is 0.339 e. The molecule has 0 spiro atoms.